The smallest absolute Gasteiger partial charge is 0.361 e. The number of hydrogen-bond donors (Lipinski definition) is 0. The van der Waals surface area contributed by atoms with Crippen molar-refractivity contribution in [3.8, 4) is 5.75 Å². The fourth-order valence-electron chi connectivity index (χ4n) is 3.97. The van der Waals surface area contributed by atoms with E-state index in [1.165, 1.54) is 0 Å². The lowest BCUT2D eigenvalue weighted by Gasteiger charge is -2.36. The van der Waals surface area contributed by atoms with Gasteiger partial charge in [0.15, 0.2) is 5.69 Å². The van der Waals surface area contributed by atoms with Gasteiger partial charge >= 0.3 is 5.97 Å². The highest BCUT2D eigenvalue weighted by atomic mass is 16.5. The van der Waals surface area contributed by atoms with Crippen molar-refractivity contribution in [2.45, 2.75) is 38.3 Å². The molecule has 1 aromatic heterocycles. The van der Waals surface area contributed by atoms with Crippen molar-refractivity contribution in [2.75, 3.05) is 33.0 Å². The van der Waals surface area contributed by atoms with Gasteiger partial charge in [-0.1, -0.05) is 30.3 Å². The van der Waals surface area contributed by atoms with E-state index in [9.17, 15) is 9.59 Å². The molecule has 2 aliphatic heterocycles. The summed E-state index contributed by atoms with van der Waals surface area (Å²) in [6.07, 6.45) is 1.35. The van der Waals surface area contributed by atoms with Crippen molar-refractivity contribution >= 4 is 5.97 Å². The second-order valence-electron chi connectivity index (χ2n) is 7.51. The first-order chi connectivity index (χ1) is 14.6. The lowest BCUT2D eigenvalue weighted by atomic mass is 9.80. The third-order valence-electron chi connectivity index (χ3n) is 5.58. The molecule has 0 bridgehead atoms. The average Bonchev–Trinajstić information content (AvgIpc) is 2.94. The van der Waals surface area contributed by atoms with E-state index in [1.54, 1.807) is 11.5 Å². The Balaban J connectivity index is 1.80. The van der Waals surface area contributed by atoms with Gasteiger partial charge in [-0.2, -0.15) is 0 Å². The Bertz CT molecular complexity index is 950. The number of benzene rings is 1. The number of rotatable bonds is 5. The molecular formula is C22H26N2O6. The van der Waals surface area contributed by atoms with Crippen LogP contribution in [0.3, 0.4) is 0 Å². The van der Waals surface area contributed by atoms with E-state index in [1.807, 2.05) is 30.3 Å². The number of hydrogen-bond acceptors (Lipinski definition) is 7. The highest BCUT2D eigenvalue weighted by molar-refractivity contribution is 5.90. The largest absolute Gasteiger partial charge is 0.481 e. The van der Waals surface area contributed by atoms with Gasteiger partial charge in [-0.25, -0.2) is 9.78 Å². The van der Waals surface area contributed by atoms with E-state index in [-0.39, 0.29) is 30.2 Å². The van der Waals surface area contributed by atoms with Gasteiger partial charge in [0.25, 0.3) is 5.56 Å². The molecule has 30 heavy (non-hydrogen) atoms. The predicted molar refractivity (Wildman–Crippen MR) is 108 cm³/mol. The molecule has 0 saturated carbocycles. The van der Waals surface area contributed by atoms with Gasteiger partial charge < -0.3 is 18.9 Å². The fourth-order valence-corrected chi connectivity index (χ4v) is 3.97. The van der Waals surface area contributed by atoms with E-state index in [0.29, 0.717) is 51.6 Å². The van der Waals surface area contributed by atoms with Gasteiger partial charge in [0.1, 0.15) is 12.4 Å². The summed E-state index contributed by atoms with van der Waals surface area (Å²) in [5.74, 6) is -0.179. The molecule has 8 nitrogen and oxygen atoms in total. The molecule has 0 atom stereocenters. The third kappa shape index (κ3) is 3.97. The van der Waals surface area contributed by atoms with Crippen LogP contribution in [0.2, 0.25) is 0 Å². The van der Waals surface area contributed by atoms with E-state index >= 15 is 0 Å². The Hall–Kier alpha value is -2.71. The van der Waals surface area contributed by atoms with Crippen LogP contribution in [0.15, 0.2) is 35.1 Å². The van der Waals surface area contributed by atoms with Crippen LogP contribution in [0.5, 0.6) is 5.75 Å². The lowest BCUT2D eigenvalue weighted by molar-refractivity contribution is 0.00404. The number of fused-ring (bicyclic) bond motifs is 2. The normalized spacial score (nSPS) is 17.8. The Kier molecular flexibility index (Phi) is 6.15. The molecule has 8 heteroatoms. The second kappa shape index (κ2) is 8.97. The minimum atomic E-state index is -0.659. The number of ether oxygens (including phenoxy) is 4. The molecule has 0 amide bonds. The summed E-state index contributed by atoms with van der Waals surface area (Å²) in [6, 6.07) is 9.46. The molecule has 3 heterocycles. The van der Waals surface area contributed by atoms with Gasteiger partial charge in [0.05, 0.1) is 31.8 Å². The monoisotopic (exact) mass is 414 g/mol. The zero-order chi connectivity index (χ0) is 21.0. The number of carbonyl (C=O) groups is 1. The fraction of sp³-hybridized carbons (Fsp3) is 0.500. The number of aromatic nitrogens is 2. The Morgan fingerprint density at radius 1 is 1.17 bits per heavy atom. The van der Waals surface area contributed by atoms with Crippen LogP contribution in [0.1, 0.15) is 41.6 Å². The third-order valence-corrected chi connectivity index (χ3v) is 5.58. The maximum Gasteiger partial charge on any atom is 0.361 e. The molecule has 1 spiro atoms. The Labute approximate surface area is 174 Å². The minimum absolute atomic E-state index is 0.0724. The molecule has 1 aromatic carbocycles. The van der Waals surface area contributed by atoms with Crippen molar-refractivity contribution in [2.24, 2.45) is 0 Å². The average molecular weight is 414 g/mol. The maximum absolute atomic E-state index is 13.4. The molecule has 0 aliphatic carbocycles. The summed E-state index contributed by atoms with van der Waals surface area (Å²) in [5, 5.41) is 0. The van der Waals surface area contributed by atoms with Crippen LogP contribution in [-0.4, -0.2) is 48.6 Å². The van der Waals surface area contributed by atoms with E-state index in [4.69, 9.17) is 18.9 Å². The Morgan fingerprint density at radius 2 is 1.93 bits per heavy atom. The number of esters is 1. The SMILES string of the molecule is CCOC(=O)c1nc2n(c(=O)c1OCc1ccccc1)CCOCC21CCOCC1. The van der Waals surface area contributed by atoms with Crippen LogP contribution in [0, 0.1) is 0 Å². The summed E-state index contributed by atoms with van der Waals surface area (Å²) in [6.45, 7) is 4.35. The van der Waals surface area contributed by atoms with Gasteiger partial charge in [0.2, 0.25) is 5.75 Å². The van der Waals surface area contributed by atoms with Crippen molar-refractivity contribution in [3.05, 3.63) is 57.8 Å². The first kappa shape index (κ1) is 20.6. The zero-order valence-electron chi connectivity index (χ0n) is 17.1. The first-order valence-electron chi connectivity index (χ1n) is 10.3. The second-order valence-corrected chi connectivity index (χ2v) is 7.51. The maximum atomic E-state index is 13.4. The topological polar surface area (TPSA) is 88.9 Å². The van der Waals surface area contributed by atoms with Crippen LogP contribution in [0.25, 0.3) is 0 Å². The van der Waals surface area contributed by atoms with Gasteiger partial charge in [-0.3, -0.25) is 9.36 Å². The van der Waals surface area contributed by atoms with Crippen molar-refractivity contribution < 1.29 is 23.7 Å². The summed E-state index contributed by atoms with van der Waals surface area (Å²) in [7, 11) is 0. The zero-order valence-corrected chi connectivity index (χ0v) is 17.1. The molecule has 2 aromatic rings. The van der Waals surface area contributed by atoms with E-state index in [0.717, 1.165) is 5.56 Å². The Morgan fingerprint density at radius 3 is 2.67 bits per heavy atom. The van der Waals surface area contributed by atoms with Crippen molar-refractivity contribution in [1.82, 2.24) is 9.55 Å². The summed E-state index contributed by atoms with van der Waals surface area (Å²) < 4.78 is 24.0. The highest BCUT2D eigenvalue weighted by Gasteiger charge is 2.42. The van der Waals surface area contributed by atoms with Crippen molar-refractivity contribution in [1.29, 1.82) is 0 Å². The van der Waals surface area contributed by atoms with E-state index < -0.39 is 11.4 Å². The lowest BCUT2D eigenvalue weighted by Crippen LogP contribution is -2.43. The molecular weight excluding hydrogens is 388 g/mol. The first-order valence-corrected chi connectivity index (χ1v) is 10.3. The van der Waals surface area contributed by atoms with Crippen LogP contribution in [-0.2, 0) is 32.8 Å². The molecule has 2 aliphatic rings. The molecule has 1 saturated heterocycles. The summed E-state index contributed by atoms with van der Waals surface area (Å²) in [5.41, 5.74) is -0.0318. The van der Waals surface area contributed by atoms with Crippen LogP contribution < -0.4 is 10.3 Å². The minimum Gasteiger partial charge on any atom is -0.481 e. The standard InChI is InChI=1S/C22H26N2O6/c1-2-29-20(26)17-18(30-14-16-6-4-3-5-7-16)19(25)24-10-13-28-15-22(21(24)23-17)8-11-27-12-9-22/h3-7H,2,8-15H2,1H3. The van der Waals surface area contributed by atoms with Crippen LogP contribution in [0.4, 0.5) is 0 Å². The highest BCUT2D eigenvalue weighted by Crippen LogP contribution is 2.36. The van der Waals surface area contributed by atoms with E-state index in [2.05, 4.69) is 4.98 Å². The molecule has 0 N–H and O–H groups in total. The van der Waals surface area contributed by atoms with Gasteiger partial charge in [-0.15, -0.1) is 0 Å². The number of carbonyl (C=O) groups excluding carboxylic acids is 1. The summed E-state index contributed by atoms with van der Waals surface area (Å²) >= 11 is 0. The molecule has 4 rings (SSSR count). The predicted octanol–water partition coefficient (Wildman–Crippen LogP) is 2.08. The molecule has 0 radical (unpaired) electrons. The summed E-state index contributed by atoms with van der Waals surface area (Å²) in [4.78, 5) is 30.8. The van der Waals surface area contributed by atoms with Gasteiger partial charge in [-0.05, 0) is 25.3 Å². The van der Waals surface area contributed by atoms with Crippen molar-refractivity contribution in [3.63, 3.8) is 0 Å². The van der Waals surface area contributed by atoms with Crippen LogP contribution >= 0.6 is 0 Å². The van der Waals surface area contributed by atoms with Gasteiger partial charge in [0, 0.05) is 13.2 Å². The molecule has 160 valence electrons. The molecule has 0 unspecified atom stereocenters. The number of nitrogens with zero attached hydrogens (tertiary/aromatic N) is 2. The quantitative estimate of drug-likeness (QED) is 0.692. The molecule has 1 fully saturated rings.